The molecule has 1 aromatic carbocycles. The Balaban J connectivity index is 1.30. The smallest absolute Gasteiger partial charge is 0.213 e. The number of pyridine rings is 1. The highest BCUT2D eigenvalue weighted by Crippen LogP contribution is 2.24. The van der Waals surface area contributed by atoms with E-state index in [2.05, 4.69) is 40.2 Å². The van der Waals surface area contributed by atoms with Gasteiger partial charge in [-0.2, -0.15) is 0 Å². The summed E-state index contributed by atoms with van der Waals surface area (Å²) in [5.41, 5.74) is 4.06. The number of likely N-dealkylation sites (tertiary alicyclic amines) is 1. The first-order chi connectivity index (χ1) is 12.3. The molecule has 0 spiro atoms. The summed E-state index contributed by atoms with van der Waals surface area (Å²) in [7, 11) is 0. The van der Waals surface area contributed by atoms with Crippen molar-refractivity contribution < 1.29 is 9.53 Å². The third-order valence-corrected chi connectivity index (χ3v) is 5.02. The largest absolute Gasteiger partial charge is 0.474 e. The quantitative estimate of drug-likeness (QED) is 0.787. The normalized spacial score (nSPS) is 18.2. The second-order valence-corrected chi connectivity index (χ2v) is 6.88. The molecule has 4 rings (SSSR count). The van der Waals surface area contributed by atoms with Gasteiger partial charge in [-0.3, -0.25) is 9.69 Å². The third-order valence-electron chi connectivity index (χ3n) is 5.02. The zero-order chi connectivity index (χ0) is 17.1. The molecule has 2 aliphatic heterocycles. The zero-order valence-corrected chi connectivity index (χ0v) is 14.3. The van der Waals surface area contributed by atoms with Crippen LogP contribution < -0.4 is 4.74 Å². The van der Waals surface area contributed by atoms with E-state index in [0.29, 0.717) is 5.88 Å². The lowest BCUT2D eigenvalue weighted by atomic mass is 10.1. The summed E-state index contributed by atoms with van der Waals surface area (Å²) in [4.78, 5) is 19.4. The number of carbonyl (C=O) groups is 1. The summed E-state index contributed by atoms with van der Waals surface area (Å²) in [5.74, 6) is 0.679. The van der Waals surface area contributed by atoms with Crippen molar-refractivity contribution in [2.75, 3.05) is 13.1 Å². The number of amides is 1. The summed E-state index contributed by atoms with van der Waals surface area (Å²) < 4.78 is 5.96. The molecule has 1 amide bonds. The van der Waals surface area contributed by atoms with Gasteiger partial charge in [-0.25, -0.2) is 4.98 Å². The average Bonchev–Trinajstić information content (AvgIpc) is 3.06. The summed E-state index contributed by atoms with van der Waals surface area (Å²) in [6, 6.07) is 12.7. The van der Waals surface area contributed by atoms with Gasteiger partial charge in [-0.15, -0.1) is 0 Å². The molecule has 1 saturated heterocycles. The molecule has 130 valence electrons. The first-order valence-electron chi connectivity index (χ1n) is 8.90. The predicted octanol–water partition coefficient (Wildman–Crippen LogP) is 2.60. The molecular weight excluding hydrogens is 314 g/mol. The first kappa shape index (κ1) is 16.1. The van der Waals surface area contributed by atoms with Crippen LogP contribution in [0.2, 0.25) is 0 Å². The van der Waals surface area contributed by atoms with Crippen LogP contribution >= 0.6 is 0 Å². The van der Waals surface area contributed by atoms with Crippen LogP contribution in [0.1, 0.15) is 29.5 Å². The molecule has 5 heteroatoms. The Morgan fingerprint density at radius 2 is 1.80 bits per heavy atom. The number of fused-ring (bicyclic) bond motifs is 1. The van der Waals surface area contributed by atoms with Crippen molar-refractivity contribution in [2.45, 2.75) is 38.6 Å². The number of benzene rings is 1. The van der Waals surface area contributed by atoms with E-state index in [1.54, 1.807) is 4.90 Å². The number of carbonyl (C=O) groups excluding carboxylic acids is 1. The van der Waals surface area contributed by atoms with Crippen LogP contribution in [0.3, 0.4) is 0 Å². The van der Waals surface area contributed by atoms with E-state index in [1.807, 2.05) is 12.3 Å². The van der Waals surface area contributed by atoms with Crippen LogP contribution in [-0.2, 0) is 24.4 Å². The number of piperidine rings is 1. The maximum atomic E-state index is 10.7. The minimum absolute atomic E-state index is 0.155. The maximum absolute atomic E-state index is 10.7. The van der Waals surface area contributed by atoms with Gasteiger partial charge in [-0.1, -0.05) is 30.3 Å². The second-order valence-electron chi connectivity index (χ2n) is 6.88. The van der Waals surface area contributed by atoms with Crippen LogP contribution in [0.25, 0.3) is 0 Å². The highest BCUT2D eigenvalue weighted by molar-refractivity contribution is 5.47. The Hall–Kier alpha value is -2.40. The van der Waals surface area contributed by atoms with Crippen molar-refractivity contribution in [1.82, 2.24) is 14.8 Å². The molecule has 0 atom stereocenters. The molecule has 0 radical (unpaired) electrons. The fourth-order valence-corrected chi connectivity index (χ4v) is 3.62. The van der Waals surface area contributed by atoms with Crippen molar-refractivity contribution in [3.05, 3.63) is 59.3 Å². The van der Waals surface area contributed by atoms with Gasteiger partial charge in [0.2, 0.25) is 12.3 Å². The molecule has 2 aliphatic rings. The van der Waals surface area contributed by atoms with Crippen molar-refractivity contribution >= 4 is 6.41 Å². The highest BCUT2D eigenvalue weighted by atomic mass is 16.5. The maximum Gasteiger partial charge on any atom is 0.213 e. The SMILES string of the molecule is O=CN1CCC(Oc2ccc(CN3Cc4ccccc4C3)cn2)CC1. The lowest BCUT2D eigenvalue weighted by molar-refractivity contribution is -0.119. The Labute approximate surface area is 148 Å². The molecule has 3 heterocycles. The summed E-state index contributed by atoms with van der Waals surface area (Å²) in [6.07, 6.45) is 4.73. The molecule has 2 aromatic rings. The predicted molar refractivity (Wildman–Crippen MR) is 94.9 cm³/mol. The fraction of sp³-hybridized carbons (Fsp3) is 0.400. The van der Waals surface area contributed by atoms with Crippen molar-refractivity contribution in [1.29, 1.82) is 0 Å². The fourth-order valence-electron chi connectivity index (χ4n) is 3.62. The number of hydrogen-bond donors (Lipinski definition) is 0. The Morgan fingerprint density at radius 1 is 1.08 bits per heavy atom. The molecule has 1 aromatic heterocycles. The van der Waals surface area contributed by atoms with Crippen LogP contribution in [0.15, 0.2) is 42.6 Å². The molecule has 0 saturated carbocycles. The van der Waals surface area contributed by atoms with Gasteiger partial charge >= 0.3 is 0 Å². The summed E-state index contributed by atoms with van der Waals surface area (Å²) >= 11 is 0. The number of rotatable bonds is 5. The highest BCUT2D eigenvalue weighted by Gasteiger charge is 2.20. The minimum atomic E-state index is 0.155. The molecule has 25 heavy (non-hydrogen) atoms. The average molecular weight is 337 g/mol. The molecule has 0 N–H and O–H groups in total. The monoisotopic (exact) mass is 337 g/mol. The van der Waals surface area contributed by atoms with E-state index < -0.39 is 0 Å². The number of ether oxygens (including phenoxy) is 1. The lowest BCUT2D eigenvalue weighted by Gasteiger charge is -2.29. The van der Waals surface area contributed by atoms with E-state index >= 15 is 0 Å². The van der Waals surface area contributed by atoms with Crippen LogP contribution in [-0.4, -0.2) is 40.4 Å². The molecule has 0 aliphatic carbocycles. The van der Waals surface area contributed by atoms with E-state index in [-0.39, 0.29) is 6.10 Å². The molecule has 1 fully saturated rings. The summed E-state index contributed by atoms with van der Waals surface area (Å²) in [6.45, 7) is 4.44. The van der Waals surface area contributed by atoms with E-state index in [4.69, 9.17) is 4.74 Å². The Bertz CT molecular complexity index is 699. The van der Waals surface area contributed by atoms with E-state index in [9.17, 15) is 4.79 Å². The molecule has 0 unspecified atom stereocenters. The van der Waals surface area contributed by atoms with Gasteiger partial charge in [0.1, 0.15) is 6.10 Å². The molecular formula is C20H23N3O2. The van der Waals surface area contributed by atoms with E-state index in [0.717, 1.165) is 52.0 Å². The van der Waals surface area contributed by atoms with Gasteiger partial charge in [0.05, 0.1) is 0 Å². The Morgan fingerprint density at radius 3 is 2.40 bits per heavy atom. The zero-order valence-electron chi connectivity index (χ0n) is 14.3. The minimum Gasteiger partial charge on any atom is -0.474 e. The number of hydrogen-bond acceptors (Lipinski definition) is 4. The van der Waals surface area contributed by atoms with Crippen molar-refractivity contribution in [2.24, 2.45) is 0 Å². The van der Waals surface area contributed by atoms with Gasteiger partial charge in [-0.05, 0) is 16.7 Å². The van der Waals surface area contributed by atoms with Gasteiger partial charge < -0.3 is 9.64 Å². The van der Waals surface area contributed by atoms with Crippen LogP contribution in [0.4, 0.5) is 0 Å². The van der Waals surface area contributed by atoms with Gasteiger partial charge in [0.15, 0.2) is 0 Å². The topological polar surface area (TPSA) is 45.7 Å². The number of aromatic nitrogens is 1. The number of nitrogens with zero attached hydrogens (tertiary/aromatic N) is 3. The molecule has 5 nitrogen and oxygen atoms in total. The lowest BCUT2D eigenvalue weighted by Crippen LogP contribution is -2.37. The third kappa shape index (κ3) is 3.82. The summed E-state index contributed by atoms with van der Waals surface area (Å²) in [5, 5.41) is 0. The van der Waals surface area contributed by atoms with E-state index in [1.165, 1.54) is 16.7 Å². The Kier molecular flexibility index (Phi) is 4.65. The first-order valence-corrected chi connectivity index (χ1v) is 8.90. The van der Waals surface area contributed by atoms with Crippen molar-refractivity contribution in [3.63, 3.8) is 0 Å². The van der Waals surface area contributed by atoms with Gasteiger partial charge in [0.25, 0.3) is 0 Å². The standard InChI is InChI=1S/C20H23N3O2/c24-15-22-9-7-19(8-10-22)25-20-6-5-16(11-21-20)12-23-13-17-3-1-2-4-18(17)14-23/h1-6,11,15,19H,7-10,12-14H2. The molecule has 0 bridgehead atoms. The van der Waals surface area contributed by atoms with Crippen LogP contribution in [0, 0.1) is 0 Å². The second kappa shape index (κ2) is 7.23. The van der Waals surface area contributed by atoms with Crippen molar-refractivity contribution in [3.8, 4) is 5.88 Å². The van der Waals surface area contributed by atoms with Crippen LogP contribution in [0.5, 0.6) is 5.88 Å². The van der Waals surface area contributed by atoms with Gasteiger partial charge in [0, 0.05) is 57.8 Å².